The Labute approximate surface area is 339 Å². The molecule has 3 N–H and O–H groups in total. The second kappa shape index (κ2) is 20.2. The first-order valence-corrected chi connectivity index (χ1v) is 19.3. The van der Waals surface area contributed by atoms with Gasteiger partial charge in [0.25, 0.3) is 17.7 Å². The average Bonchev–Trinajstić information content (AvgIpc) is 3.69. The fourth-order valence-corrected chi connectivity index (χ4v) is 6.81. The Kier molecular flexibility index (Phi) is 15.1. The van der Waals surface area contributed by atoms with Gasteiger partial charge in [0.15, 0.2) is 0 Å². The van der Waals surface area contributed by atoms with Gasteiger partial charge in [0.1, 0.15) is 11.9 Å². The van der Waals surface area contributed by atoms with E-state index in [9.17, 15) is 37.1 Å². The molecular formula is C42H47F3N6O8. The topological polar surface area (TPSA) is 168 Å². The maximum absolute atomic E-state index is 13.2. The van der Waals surface area contributed by atoms with E-state index in [0.717, 1.165) is 28.2 Å². The van der Waals surface area contributed by atoms with E-state index in [1.165, 1.54) is 18.2 Å². The Bertz CT molecular complexity index is 2100. The molecule has 17 heteroatoms. The first kappa shape index (κ1) is 44.2. The quantitative estimate of drug-likeness (QED) is 0.122. The zero-order valence-corrected chi connectivity index (χ0v) is 33.2. The van der Waals surface area contributed by atoms with Crippen molar-refractivity contribution in [2.45, 2.75) is 45.8 Å². The number of ether oxygens (including phenoxy) is 3. The molecule has 1 unspecified atom stereocenters. The molecule has 14 nitrogen and oxygen atoms in total. The summed E-state index contributed by atoms with van der Waals surface area (Å²) in [6.45, 7) is 8.16. The van der Waals surface area contributed by atoms with Crippen LogP contribution in [0.15, 0.2) is 71.7 Å². The van der Waals surface area contributed by atoms with Crippen molar-refractivity contribution in [3.63, 3.8) is 0 Å². The number of anilines is 3. The number of fused-ring (bicyclic) bond motifs is 2. The highest BCUT2D eigenvalue weighted by molar-refractivity contribution is 6.37. The number of amidine groups is 1. The summed E-state index contributed by atoms with van der Waals surface area (Å²) in [6, 6.07) is 13.8. The van der Waals surface area contributed by atoms with Crippen molar-refractivity contribution in [1.82, 2.24) is 15.5 Å². The van der Waals surface area contributed by atoms with Crippen LogP contribution in [0.3, 0.4) is 0 Å². The van der Waals surface area contributed by atoms with Crippen LogP contribution in [0, 0.1) is 0 Å². The number of imide groups is 2. The number of allylic oxidation sites excluding steroid dienone is 1. The molecular weight excluding hydrogens is 773 g/mol. The van der Waals surface area contributed by atoms with Gasteiger partial charge >= 0.3 is 6.18 Å². The number of halogens is 3. The Hall–Kier alpha value is -5.91. The molecule has 0 radical (unpaired) electrons. The summed E-state index contributed by atoms with van der Waals surface area (Å²) in [5, 5.41) is 8.12. The van der Waals surface area contributed by atoms with Gasteiger partial charge in [-0.3, -0.25) is 44.1 Å². The average molecular weight is 821 g/mol. The van der Waals surface area contributed by atoms with Gasteiger partial charge in [-0.25, -0.2) is 0 Å². The molecule has 0 aliphatic carbocycles. The lowest BCUT2D eigenvalue weighted by molar-refractivity contribution is -0.138. The molecule has 1 saturated heterocycles. The molecule has 314 valence electrons. The first-order valence-electron chi connectivity index (χ1n) is 19.3. The summed E-state index contributed by atoms with van der Waals surface area (Å²) < 4.78 is 56.2. The van der Waals surface area contributed by atoms with Gasteiger partial charge in [-0.05, 0) is 67.9 Å². The molecule has 1 fully saturated rings. The van der Waals surface area contributed by atoms with E-state index in [4.69, 9.17) is 14.2 Å². The molecule has 3 aromatic carbocycles. The fourth-order valence-electron chi connectivity index (χ4n) is 6.81. The Morgan fingerprint density at radius 2 is 1.54 bits per heavy atom. The molecule has 5 amide bonds. The number of benzene rings is 3. The molecule has 59 heavy (non-hydrogen) atoms. The third-order valence-electron chi connectivity index (χ3n) is 9.50. The van der Waals surface area contributed by atoms with E-state index in [1.807, 2.05) is 26.8 Å². The predicted octanol–water partition coefficient (Wildman–Crippen LogP) is 5.61. The summed E-state index contributed by atoms with van der Waals surface area (Å²) >= 11 is 0. The van der Waals surface area contributed by atoms with Crippen LogP contribution in [-0.4, -0.2) is 106 Å². The number of piperidine rings is 1. The molecule has 3 heterocycles. The van der Waals surface area contributed by atoms with Crippen molar-refractivity contribution in [1.29, 1.82) is 0 Å². The lowest BCUT2D eigenvalue weighted by atomic mass is 10.0. The second-order valence-corrected chi connectivity index (χ2v) is 13.1. The van der Waals surface area contributed by atoms with Crippen LogP contribution >= 0.6 is 0 Å². The highest BCUT2D eigenvalue weighted by Crippen LogP contribution is 2.43. The van der Waals surface area contributed by atoms with Gasteiger partial charge < -0.3 is 24.8 Å². The van der Waals surface area contributed by atoms with Crippen molar-refractivity contribution in [3.8, 4) is 0 Å². The summed E-state index contributed by atoms with van der Waals surface area (Å²) in [5.41, 5.74) is 3.15. The van der Waals surface area contributed by atoms with Crippen LogP contribution in [0.4, 0.5) is 30.2 Å². The van der Waals surface area contributed by atoms with Crippen molar-refractivity contribution in [2.75, 3.05) is 70.0 Å². The summed E-state index contributed by atoms with van der Waals surface area (Å²) in [5.74, 6) is -2.03. The molecule has 0 aromatic heterocycles. The molecule has 3 aliphatic rings. The predicted molar refractivity (Wildman–Crippen MR) is 215 cm³/mol. The van der Waals surface area contributed by atoms with Crippen LogP contribution in [0.1, 0.15) is 75.8 Å². The van der Waals surface area contributed by atoms with Crippen LogP contribution < -0.4 is 20.9 Å². The van der Waals surface area contributed by atoms with Crippen LogP contribution in [0.2, 0.25) is 0 Å². The SMILES string of the molecule is C/C=C1\C(=NC)N(c2ccc(C(F)(F)F)cc2)c2ccc(C(=O)NCCOCCOCCOCCNc3cccc4c3C(=O)N(C3CCC(=O)NC3=O)C4=O)cc21.CC. The van der Waals surface area contributed by atoms with Crippen LogP contribution in [0.25, 0.3) is 5.57 Å². The van der Waals surface area contributed by atoms with E-state index in [0.29, 0.717) is 61.4 Å². The van der Waals surface area contributed by atoms with Crippen molar-refractivity contribution in [2.24, 2.45) is 4.99 Å². The molecule has 6 rings (SSSR count). The van der Waals surface area contributed by atoms with Gasteiger partial charge in [0.05, 0.1) is 62.0 Å². The van der Waals surface area contributed by atoms with Crippen molar-refractivity contribution in [3.05, 3.63) is 94.6 Å². The number of carbonyl (C=O) groups is 5. The number of alkyl halides is 3. The number of nitrogens with one attached hydrogen (secondary N) is 3. The van der Waals surface area contributed by atoms with E-state index in [1.54, 1.807) is 42.3 Å². The maximum Gasteiger partial charge on any atom is 0.416 e. The van der Waals surface area contributed by atoms with E-state index in [-0.39, 0.29) is 49.6 Å². The first-order chi connectivity index (χ1) is 28.4. The van der Waals surface area contributed by atoms with Gasteiger partial charge in [-0.1, -0.05) is 26.0 Å². The molecule has 0 saturated carbocycles. The number of rotatable bonds is 16. The number of carbonyl (C=O) groups excluding carboxylic acids is 5. The van der Waals surface area contributed by atoms with Gasteiger partial charge in [-0.15, -0.1) is 0 Å². The lowest BCUT2D eigenvalue weighted by Gasteiger charge is -2.27. The number of hydrogen-bond donors (Lipinski definition) is 3. The molecule has 3 aromatic rings. The van der Waals surface area contributed by atoms with Crippen LogP contribution in [0.5, 0.6) is 0 Å². The molecule has 0 spiro atoms. The zero-order valence-electron chi connectivity index (χ0n) is 33.2. The summed E-state index contributed by atoms with van der Waals surface area (Å²) in [6.07, 6.45) is -2.49. The Balaban J connectivity index is 0.00000326. The minimum absolute atomic E-state index is 0.0414. The number of nitrogens with zero attached hydrogens (tertiary/aromatic N) is 3. The minimum Gasteiger partial charge on any atom is -0.382 e. The Morgan fingerprint density at radius 3 is 2.17 bits per heavy atom. The normalized spacial score (nSPS) is 17.5. The zero-order chi connectivity index (χ0) is 42.7. The molecule has 1 atom stereocenters. The largest absolute Gasteiger partial charge is 0.416 e. The van der Waals surface area contributed by atoms with Gasteiger partial charge in [0, 0.05) is 54.6 Å². The van der Waals surface area contributed by atoms with E-state index >= 15 is 0 Å². The van der Waals surface area contributed by atoms with E-state index < -0.39 is 41.4 Å². The highest BCUT2D eigenvalue weighted by atomic mass is 19.4. The van der Waals surface area contributed by atoms with Gasteiger partial charge in [-0.2, -0.15) is 13.2 Å². The maximum atomic E-state index is 13.2. The number of aliphatic imine (C=N–C) groups is 1. The van der Waals surface area contributed by atoms with Gasteiger partial charge in [0.2, 0.25) is 11.8 Å². The summed E-state index contributed by atoms with van der Waals surface area (Å²) in [4.78, 5) is 70.1. The Morgan fingerprint density at radius 1 is 0.881 bits per heavy atom. The van der Waals surface area contributed by atoms with Crippen LogP contribution in [-0.2, 0) is 30.0 Å². The fraction of sp³-hybridized carbons (Fsp3) is 0.381. The van der Waals surface area contributed by atoms with Crippen molar-refractivity contribution < 1.29 is 51.4 Å². The monoisotopic (exact) mass is 820 g/mol. The van der Waals surface area contributed by atoms with Crippen molar-refractivity contribution >= 4 is 58.0 Å². The number of hydrogen-bond acceptors (Lipinski definition) is 10. The smallest absolute Gasteiger partial charge is 0.382 e. The standard InChI is InChI=1S/C40H41F3N6O8.C2H6/c1-3-27-29-23-24(7-12-31(29)48(35(27)44-2)26-10-8-25(9-11-26)40(41,42)43)36(51)46-16-18-56-20-22-57-21-19-55-17-15-45-30-6-4-5-28-34(30)39(54)49(38(28)53)32-13-14-33(50)47-37(32)52;1-2/h3-12,23,32,45H,13-22H2,1-2H3,(H,46,51)(H,47,50,52);1-2H3/b27-3-,44-35?;. The minimum atomic E-state index is -4.45. The third kappa shape index (κ3) is 10.0. The highest BCUT2D eigenvalue weighted by Gasteiger charge is 2.45. The third-order valence-corrected chi connectivity index (χ3v) is 9.50. The lowest BCUT2D eigenvalue weighted by Crippen LogP contribution is -2.54. The second-order valence-electron chi connectivity index (χ2n) is 13.1. The molecule has 0 bridgehead atoms. The number of amides is 5. The van der Waals surface area contributed by atoms with E-state index in [2.05, 4.69) is 20.9 Å². The molecule has 3 aliphatic heterocycles. The summed E-state index contributed by atoms with van der Waals surface area (Å²) in [7, 11) is 1.60.